The van der Waals surface area contributed by atoms with Crippen LogP contribution in [0.1, 0.15) is 5.82 Å². The first kappa shape index (κ1) is 10.3. The Hall–Kier alpha value is -1.27. The maximum Gasteiger partial charge on any atom is 0.258 e. The van der Waals surface area contributed by atoms with E-state index in [1.165, 1.54) is 6.07 Å². The van der Waals surface area contributed by atoms with Gasteiger partial charge in [0.1, 0.15) is 5.82 Å². The van der Waals surface area contributed by atoms with Crippen molar-refractivity contribution in [3.05, 3.63) is 34.3 Å². The average Bonchev–Trinajstić information content (AvgIpc) is 2.70. The Kier molecular flexibility index (Phi) is 2.79. The Bertz CT molecular complexity index is 486. The van der Waals surface area contributed by atoms with Gasteiger partial charge in [-0.15, -0.1) is 0 Å². The normalized spacial score (nSPS) is 10.6. The van der Waals surface area contributed by atoms with Gasteiger partial charge in [0, 0.05) is 5.56 Å². The Morgan fingerprint density at radius 1 is 1.47 bits per heavy atom. The highest BCUT2D eigenvalue weighted by Gasteiger charge is 2.09. The summed E-state index contributed by atoms with van der Waals surface area (Å²) in [5.41, 5.74) is 5.86. The van der Waals surface area contributed by atoms with Crippen LogP contribution in [0.4, 0.5) is 4.39 Å². The van der Waals surface area contributed by atoms with Crippen LogP contribution in [0.25, 0.3) is 11.5 Å². The van der Waals surface area contributed by atoms with Crippen LogP contribution in [0, 0.1) is 5.82 Å². The summed E-state index contributed by atoms with van der Waals surface area (Å²) in [5.74, 6) is 0.287. The van der Waals surface area contributed by atoms with Gasteiger partial charge in [-0.05, 0) is 34.1 Å². The first-order chi connectivity index (χ1) is 7.20. The van der Waals surface area contributed by atoms with E-state index in [0.717, 1.165) is 0 Å². The topological polar surface area (TPSA) is 64.9 Å². The molecular formula is C9H7BrFN3O. The van der Waals surface area contributed by atoms with Crippen LogP contribution in [-0.4, -0.2) is 10.1 Å². The van der Waals surface area contributed by atoms with E-state index in [-0.39, 0.29) is 18.3 Å². The lowest BCUT2D eigenvalue weighted by Crippen LogP contribution is -1.97. The maximum absolute atomic E-state index is 13.2. The van der Waals surface area contributed by atoms with Crippen molar-refractivity contribution in [1.82, 2.24) is 10.1 Å². The van der Waals surface area contributed by atoms with E-state index < -0.39 is 0 Å². The molecule has 0 aliphatic rings. The summed E-state index contributed by atoms with van der Waals surface area (Å²) < 4.78 is 18.5. The molecule has 0 unspecified atom stereocenters. The van der Waals surface area contributed by atoms with Crippen molar-refractivity contribution in [2.75, 3.05) is 0 Å². The van der Waals surface area contributed by atoms with Gasteiger partial charge >= 0.3 is 0 Å². The molecule has 0 amide bonds. The van der Waals surface area contributed by atoms with Crippen LogP contribution < -0.4 is 5.73 Å². The number of hydrogen-bond acceptors (Lipinski definition) is 4. The van der Waals surface area contributed by atoms with Crippen LogP contribution >= 0.6 is 15.9 Å². The third-order valence-electron chi connectivity index (χ3n) is 1.82. The van der Waals surface area contributed by atoms with Crippen molar-refractivity contribution < 1.29 is 8.91 Å². The first-order valence-corrected chi connectivity index (χ1v) is 4.98. The largest absolute Gasteiger partial charge is 0.334 e. The minimum atomic E-state index is -0.375. The van der Waals surface area contributed by atoms with Gasteiger partial charge in [0.25, 0.3) is 5.89 Å². The van der Waals surface area contributed by atoms with Crippen LogP contribution in [0.2, 0.25) is 0 Å². The standard InChI is InChI=1S/C9H7BrFN3O/c10-6-2-1-5(3-7(6)11)9-13-8(4-12)14-15-9/h1-3H,4,12H2. The molecule has 0 saturated heterocycles. The Labute approximate surface area is 93.4 Å². The molecule has 2 N–H and O–H groups in total. The summed E-state index contributed by atoms with van der Waals surface area (Å²) in [6.45, 7) is 0.197. The monoisotopic (exact) mass is 271 g/mol. The molecular weight excluding hydrogens is 265 g/mol. The molecule has 6 heteroatoms. The van der Waals surface area contributed by atoms with Crippen molar-refractivity contribution in [2.24, 2.45) is 5.73 Å². The lowest BCUT2D eigenvalue weighted by atomic mass is 10.2. The van der Waals surface area contributed by atoms with E-state index in [4.69, 9.17) is 10.3 Å². The lowest BCUT2D eigenvalue weighted by Gasteiger charge is -1.96. The number of rotatable bonds is 2. The highest BCUT2D eigenvalue weighted by Crippen LogP contribution is 2.23. The quantitative estimate of drug-likeness (QED) is 0.909. The molecule has 0 fully saturated rings. The van der Waals surface area contributed by atoms with Gasteiger partial charge in [0.2, 0.25) is 0 Å². The van der Waals surface area contributed by atoms with Crippen molar-refractivity contribution in [3.63, 3.8) is 0 Å². The number of nitrogens with two attached hydrogens (primary N) is 1. The SMILES string of the molecule is NCc1noc(-c2ccc(Br)c(F)c2)n1. The predicted octanol–water partition coefficient (Wildman–Crippen LogP) is 2.10. The average molecular weight is 272 g/mol. The zero-order valence-electron chi connectivity index (χ0n) is 7.58. The second-order valence-corrected chi connectivity index (χ2v) is 3.70. The molecule has 0 aliphatic carbocycles. The van der Waals surface area contributed by atoms with E-state index in [0.29, 0.717) is 15.9 Å². The van der Waals surface area contributed by atoms with Gasteiger partial charge in [0.15, 0.2) is 5.82 Å². The van der Waals surface area contributed by atoms with Gasteiger partial charge in [-0.2, -0.15) is 4.98 Å². The number of benzene rings is 1. The first-order valence-electron chi connectivity index (χ1n) is 4.19. The van der Waals surface area contributed by atoms with E-state index >= 15 is 0 Å². The minimum Gasteiger partial charge on any atom is -0.334 e. The molecule has 15 heavy (non-hydrogen) atoms. The smallest absolute Gasteiger partial charge is 0.258 e. The molecule has 2 aromatic rings. The van der Waals surface area contributed by atoms with Crippen molar-refractivity contribution >= 4 is 15.9 Å². The number of aromatic nitrogens is 2. The van der Waals surface area contributed by atoms with Crippen LogP contribution in [0.3, 0.4) is 0 Å². The van der Waals surface area contributed by atoms with Crippen molar-refractivity contribution in [1.29, 1.82) is 0 Å². The molecule has 0 aliphatic heterocycles. The molecule has 0 atom stereocenters. The summed E-state index contributed by atoms with van der Waals surface area (Å²) in [6.07, 6.45) is 0. The fourth-order valence-corrected chi connectivity index (χ4v) is 1.33. The van der Waals surface area contributed by atoms with E-state index in [1.807, 2.05) is 0 Å². The molecule has 0 saturated carbocycles. The third-order valence-corrected chi connectivity index (χ3v) is 2.46. The van der Waals surface area contributed by atoms with Crippen LogP contribution in [0.15, 0.2) is 27.2 Å². The summed E-state index contributed by atoms with van der Waals surface area (Å²) >= 11 is 3.06. The second kappa shape index (κ2) is 4.08. The number of nitrogens with zero attached hydrogens (tertiary/aromatic N) is 2. The summed E-state index contributed by atoms with van der Waals surface area (Å²) in [4.78, 5) is 3.99. The van der Waals surface area contributed by atoms with Gasteiger partial charge < -0.3 is 10.3 Å². The van der Waals surface area contributed by atoms with E-state index in [1.54, 1.807) is 12.1 Å². The summed E-state index contributed by atoms with van der Waals surface area (Å²) in [6, 6.07) is 4.58. The zero-order chi connectivity index (χ0) is 10.8. The number of halogens is 2. The van der Waals surface area contributed by atoms with Gasteiger partial charge in [0.05, 0.1) is 11.0 Å². The lowest BCUT2D eigenvalue weighted by molar-refractivity contribution is 0.422. The van der Waals surface area contributed by atoms with Crippen molar-refractivity contribution in [3.8, 4) is 11.5 Å². The minimum absolute atomic E-state index is 0.197. The van der Waals surface area contributed by atoms with E-state index in [9.17, 15) is 4.39 Å². The van der Waals surface area contributed by atoms with E-state index in [2.05, 4.69) is 26.1 Å². The van der Waals surface area contributed by atoms with Crippen LogP contribution in [0.5, 0.6) is 0 Å². The summed E-state index contributed by atoms with van der Waals surface area (Å²) in [5, 5.41) is 3.62. The molecule has 0 spiro atoms. The molecule has 0 radical (unpaired) electrons. The Balaban J connectivity index is 2.40. The molecule has 4 nitrogen and oxygen atoms in total. The molecule has 1 aromatic carbocycles. The van der Waals surface area contributed by atoms with Gasteiger partial charge in [-0.25, -0.2) is 4.39 Å². The predicted molar refractivity (Wildman–Crippen MR) is 55.3 cm³/mol. The van der Waals surface area contributed by atoms with Crippen LogP contribution in [-0.2, 0) is 6.54 Å². The number of hydrogen-bond donors (Lipinski definition) is 1. The van der Waals surface area contributed by atoms with Gasteiger partial charge in [-0.3, -0.25) is 0 Å². The molecule has 1 heterocycles. The highest BCUT2D eigenvalue weighted by molar-refractivity contribution is 9.10. The third kappa shape index (κ3) is 2.05. The fraction of sp³-hybridized carbons (Fsp3) is 0.111. The molecule has 78 valence electrons. The van der Waals surface area contributed by atoms with Gasteiger partial charge in [-0.1, -0.05) is 5.16 Å². The Morgan fingerprint density at radius 3 is 2.87 bits per heavy atom. The maximum atomic E-state index is 13.2. The molecule has 2 rings (SSSR count). The van der Waals surface area contributed by atoms with Crippen molar-refractivity contribution in [2.45, 2.75) is 6.54 Å². The molecule has 0 bridgehead atoms. The fourth-order valence-electron chi connectivity index (χ4n) is 1.08. The Morgan fingerprint density at radius 2 is 2.27 bits per heavy atom. The molecule has 1 aromatic heterocycles. The second-order valence-electron chi connectivity index (χ2n) is 2.85. The highest BCUT2D eigenvalue weighted by atomic mass is 79.9. The summed E-state index contributed by atoms with van der Waals surface area (Å²) in [7, 11) is 0. The zero-order valence-corrected chi connectivity index (χ0v) is 9.16.